The van der Waals surface area contributed by atoms with E-state index in [2.05, 4.69) is 148 Å². The van der Waals surface area contributed by atoms with Crippen LogP contribution in [0.2, 0.25) is 0 Å². The lowest BCUT2D eigenvalue weighted by atomic mass is 9.79. The van der Waals surface area contributed by atoms with Gasteiger partial charge in [-0.3, -0.25) is 0 Å². The predicted molar refractivity (Wildman–Crippen MR) is 202 cm³/mol. The molecule has 8 aromatic rings. The molecule has 2 aromatic heterocycles. The lowest BCUT2D eigenvalue weighted by Crippen LogP contribution is -2.15. The molecule has 0 amide bonds. The van der Waals surface area contributed by atoms with Gasteiger partial charge < -0.3 is 4.57 Å². The predicted octanol–water partition coefficient (Wildman–Crippen LogP) is 11.5. The van der Waals surface area contributed by atoms with Crippen LogP contribution in [0.1, 0.15) is 49.9 Å². The zero-order valence-electron chi connectivity index (χ0n) is 28.1. The van der Waals surface area contributed by atoms with Crippen molar-refractivity contribution in [1.82, 2.24) is 14.5 Å². The van der Waals surface area contributed by atoms with Crippen molar-refractivity contribution in [2.24, 2.45) is 0 Å². The summed E-state index contributed by atoms with van der Waals surface area (Å²) in [6.07, 6.45) is 2.04. The molecule has 0 atom stereocenters. The van der Waals surface area contributed by atoms with Gasteiger partial charge in [-0.25, -0.2) is 9.97 Å². The minimum Gasteiger partial charge on any atom is -0.306 e. The van der Waals surface area contributed by atoms with Gasteiger partial charge >= 0.3 is 0 Å². The average Bonchev–Trinajstić information content (AvgIpc) is 3.69. The van der Waals surface area contributed by atoms with Crippen LogP contribution in [0.15, 0.2) is 140 Å². The zero-order valence-corrected chi connectivity index (χ0v) is 28.1. The Morgan fingerprint density at radius 1 is 0.490 bits per heavy atom. The molecule has 0 N–H and O–H groups in total. The fourth-order valence-electron chi connectivity index (χ4n) is 8.99. The molecular formula is C46H35N3. The Bertz CT molecular complexity index is 2640. The van der Waals surface area contributed by atoms with Crippen molar-refractivity contribution in [3.63, 3.8) is 0 Å². The lowest BCUT2D eigenvalue weighted by Gasteiger charge is -2.23. The van der Waals surface area contributed by atoms with Crippen LogP contribution >= 0.6 is 0 Å². The summed E-state index contributed by atoms with van der Waals surface area (Å²) in [5.74, 6) is 0.720. The van der Waals surface area contributed by atoms with Crippen LogP contribution in [0.25, 0.3) is 72.4 Å². The summed E-state index contributed by atoms with van der Waals surface area (Å²) in [5, 5.41) is 2.64. The van der Waals surface area contributed by atoms with Crippen molar-refractivity contribution in [2.75, 3.05) is 0 Å². The van der Waals surface area contributed by atoms with Crippen LogP contribution in [0.3, 0.4) is 0 Å². The second-order valence-corrected chi connectivity index (χ2v) is 14.6. The summed E-state index contributed by atoms with van der Waals surface area (Å²) in [4.78, 5) is 10.4. The highest BCUT2D eigenvalue weighted by Crippen LogP contribution is 2.57. The van der Waals surface area contributed by atoms with E-state index >= 15 is 0 Å². The molecule has 0 aliphatic heterocycles. The third-order valence-corrected chi connectivity index (χ3v) is 11.2. The first-order valence-corrected chi connectivity index (χ1v) is 17.2. The summed E-state index contributed by atoms with van der Waals surface area (Å²) < 4.78 is 2.44. The molecule has 49 heavy (non-hydrogen) atoms. The Kier molecular flexibility index (Phi) is 5.69. The molecule has 0 saturated carbocycles. The highest BCUT2D eigenvalue weighted by molar-refractivity contribution is 6.21. The Hall–Kier alpha value is -5.80. The molecule has 6 aromatic carbocycles. The van der Waals surface area contributed by atoms with Crippen LogP contribution in [0.4, 0.5) is 0 Å². The van der Waals surface area contributed by atoms with E-state index in [0.29, 0.717) is 0 Å². The van der Waals surface area contributed by atoms with Crippen LogP contribution in [-0.4, -0.2) is 14.5 Å². The first kappa shape index (κ1) is 28.2. The van der Waals surface area contributed by atoms with Crippen molar-refractivity contribution in [3.8, 4) is 50.6 Å². The van der Waals surface area contributed by atoms with E-state index in [9.17, 15) is 0 Å². The van der Waals surface area contributed by atoms with Crippen LogP contribution in [0.5, 0.6) is 0 Å². The standard InChI is InChI=1S/C46H35N3/c1-45(2)34-22-14-12-20-32(34)39-35(45)24-26-36-40(39)41-37(25-23-31-30-19-11-13-21-33(30)46(3,4)42(31)41)49(36)38-27-47-44(29-17-9-6-10-18-29)48-43(38)28-15-7-5-8-16-28/h5-27H,1-4H3. The molecule has 2 heterocycles. The molecule has 0 unspecified atom stereocenters. The largest absolute Gasteiger partial charge is 0.306 e. The maximum Gasteiger partial charge on any atom is 0.159 e. The number of hydrogen-bond donors (Lipinski definition) is 0. The van der Waals surface area contributed by atoms with Gasteiger partial charge in [0.2, 0.25) is 0 Å². The SMILES string of the molecule is CC1(C)c2ccccc2-c2c1ccc1c2c2c3c(ccc2n1-c1cnc(-c2ccccc2)nc1-c1ccccc1)-c1ccccc1C3(C)C. The summed E-state index contributed by atoms with van der Waals surface area (Å²) in [6, 6.07) is 48.2. The lowest BCUT2D eigenvalue weighted by molar-refractivity contribution is 0.661. The summed E-state index contributed by atoms with van der Waals surface area (Å²) in [7, 11) is 0. The van der Waals surface area contributed by atoms with Gasteiger partial charge in [-0.15, -0.1) is 0 Å². The Labute approximate surface area is 286 Å². The molecule has 2 aliphatic carbocycles. The number of fused-ring (bicyclic) bond motifs is 11. The minimum atomic E-state index is -0.184. The number of nitrogens with zero attached hydrogens (tertiary/aromatic N) is 3. The molecule has 0 radical (unpaired) electrons. The maximum atomic E-state index is 5.32. The molecule has 2 aliphatic rings. The van der Waals surface area contributed by atoms with Gasteiger partial charge in [0.25, 0.3) is 0 Å². The smallest absolute Gasteiger partial charge is 0.159 e. The van der Waals surface area contributed by atoms with E-state index < -0.39 is 0 Å². The zero-order chi connectivity index (χ0) is 33.1. The summed E-state index contributed by atoms with van der Waals surface area (Å²) >= 11 is 0. The van der Waals surface area contributed by atoms with Gasteiger partial charge in [-0.05, 0) is 56.6 Å². The molecule has 0 saturated heterocycles. The molecule has 0 bridgehead atoms. The molecular weight excluding hydrogens is 595 g/mol. The van der Waals surface area contributed by atoms with Crippen molar-refractivity contribution >= 4 is 21.8 Å². The number of rotatable bonds is 3. The van der Waals surface area contributed by atoms with Crippen molar-refractivity contribution in [1.29, 1.82) is 0 Å². The molecule has 10 rings (SSSR count). The fraction of sp³-hybridized carbons (Fsp3) is 0.130. The van der Waals surface area contributed by atoms with E-state index in [1.54, 1.807) is 0 Å². The molecule has 234 valence electrons. The maximum absolute atomic E-state index is 5.32. The average molecular weight is 630 g/mol. The fourth-order valence-corrected chi connectivity index (χ4v) is 8.99. The molecule has 0 fully saturated rings. The van der Waals surface area contributed by atoms with Crippen LogP contribution in [0, 0.1) is 0 Å². The summed E-state index contributed by atoms with van der Waals surface area (Å²) in [6.45, 7) is 9.54. The van der Waals surface area contributed by atoms with E-state index in [4.69, 9.17) is 9.97 Å². The van der Waals surface area contributed by atoms with Gasteiger partial charge in [0.15, 0.2) is 5.82 Å². The van der Waals surface area contributed by atoms with Gasteiger partial charge in [0.05, 0.1) is 28.6 Å². The van der Waals surface area contributed by atoms with E-state index in [-0.39, 0.29) is 10.8 Å². The van der Waals surface area contributed by atoms with Crippen LogP contribution in [-0.2, 0) is 10.8 Å². The highest BCUT2D eigenvalue weighted by atomic mass is 15.0. The number of hydrogen-bond acceptors (Lipinski definition) is 2. The van der Waals surface area contributed by atoms with Gasteiger partial charge in [-0.1, -0.05) is 149 Å². The first-order valence-electron chi connectivity index (χ1n) is 17.2. The van der Waals surface area contributed by atoms with Crippen molar-refractivity contribution in [3.05, 3.63) is 162 Å². The topological polar surface area (TPSA) is 30.7 Å². The van der Waals surface area contributed by atoms with Crippen LogP contribution < -0.4 is 0 Å². The van der Waals surface area contributed by atoms with Crippen molar-refractivity contribution < 1.29 is 0 Å². The Balaban J connectivity index is 1.39. The Morgan fingerprint density at radius 2 is 1.08 bits per heavy atom. The third-order valence-electron chi connectivity index (χ3n) is 11.2. The third kappa shape index (κ3) is 3.73. The monoisotopic (exact) mass is 629 g/mol. The highest BCUT2D eigenvalue weighted by Gasteiger charge is 2.41. The minimum absolute atomic E-state index is 0.110. The number of aromatic nitrogens is 3. The number of benzene rings is 6. The molecule has 0 spiro atoms. The first-order chi connectivity index (χ1) is 23.9. The van der Waals surface area contributed by atoms with Gasteiger partial charge in [0, 0.05) is 32.7 Å². The van der Waals surface area contributed by atoms with E-state index in [1.807, 2.05) is 24.4 Å². The van der Waals surface area contributed by atoms with Crippen molar-refractivity contribution in [2.45, 2.75) is 38.5 Å². The normalized spacial score (nSPS) is 14.9. The second kappa shape index (κ2) is 9.87. The van der Waals surface area contributed by atoms with Gasteiger partial charge in [-0.2, -0.15) is 0 Å². The summed E-state index contributed by atoms with van der Waals surface area (Å²) in [5.41, 5.74) is 16.9. The second-order valence-electron chi connectivity index (χ2n) is 14.6. The Morgan fingerprint density at radius 3 is 1.82 bits per heavy atom. The molecule has 3 nitrogen and oxygen atoms in total. The van der Waals surface area contributed by atoms with E-state index in [0.717, 1.165) is 28.3 Å². The quantitative estimate of drug-likeness (QED) is 0.195. The van der Waals surface area contributed by atoms with E-state index in [1.165, 1.54) is 66.3 Å². The van der Waals surface area contributed by atoms with Gasteiger partial charge in [0.1, 0.15) is 0 Å². The molecule has 3 heteroatoms.